The maximum absolute atomic E-state index is 12.7. The van der Waals surface area contributed by atoms with Crippen LogP contribution in [0.5, 0.6) is 5.75 Å². The Balaban J connectivity index is 1.34. The van der Waals surface area contributed by atoms with Crippen LogP contribution in [0, 0.1) is 16.0 Å². The molecule has 1 aromatic heterocycles. The zero-order chi connectivity index (χ0) is 24.9. The first-order valence-electron chi connectivity index (χ1n) is 11.7. The van der Waals surface area contributed by atoms with Crippen LogP contribution >= 0.6 is 0 Å². The van der Waals surface area contributed by atoms with Crippen LogP contribution in [0.25, 0.3) is 10.9 Å². The van der Waals surface area contributed by atoms with E-state index in [0.29, 0.717) is 18.4 Å². The Morgan fingerprint density at radius 3 is 2.54 bits per heavy atom. The van der Waals surface area contributed by atoms with Crippen LogP contribution in [-0.2, 0) is 0 Å². The zero-order valence-corrected chi connectivity index (χ0v) is 20.2. The first-order chi connectivity index (χ1) is 16.9. The summed E-state index contributed by atoms with van der Waals surface area (Å²) in [4.78, 5) is 35.0. The first kappa shape index (κ1) is 24.2. The van der Waals surface area contributed by atoms with Crippen LogP contribution < -0.4 is 20.3 Å². The predicted molar refractivity (Wildman–Crippen MR) is 135 cm³/mol. The summed E-state index contributed by atoms with van der Waals surface area (Å²) in [5.74, 6) is 1.41. The molecule has 35 heavy (non-hydrogen) atoms. The molecule has 1 fully saturated rings. The predicted octanol–water partition coefficient (Wildman–Crippen LogP) is 4.01. The number of fused-ring (bicyclic) bond motifs is 1. The van der Waals surface area contributed by atoms with Crippen molar-refractivity contribution in [3.05, 3.63) is 58.1 Å². The summed E-state index contributed by atoms with van der Waals surface area (Å²) in [7, 11) is 5.29. The van der Waals surface area contributed by atoms with Crippen LogP contribution in [0.2, 0.25) is 0 Å². The lowest BCUT2D eigenvalue weighted by Crippen LogP contribution is -2.34. The third-order valence-corrected chi connectivity index (χ3v) is 6.38. The van der Waals surface area contributed by atoms with Crippen molar-refractivity contribution in [3.63, 3.8) is 0 Å². The monoisotopic (exact) mass is 478 g/mol. The summed E-state index contributed by atoms with van der Waals surface area (Å²) < 4.78 is 5.06. The van der Waals surface area contributed by atoms with Crippen LogP contribution in [0.1, 0.15) is 36.0 Å². The molecule has 2 N–H and O–H groups in total. The van der Waals surface area contributed by atoms with Crippen LogP contribution in [0.3, 0.4) is 0 Å². The van der Waals surface area contributed by atoms with Gasteiger partial charge in [-0.2, -0.15) is 4.98 Å². The average Bonchev–Trinajstić information content (AvgIpc) is 2.86. The summed E-state index contributed by atoms with van der Waals surface area (Å²) >= 11 is 0. The molecule has 0 aliphatic heterocycles. The molecule has 1 amide bonds. The molecule has 0 atom stereocenters. The van der Waals surface area contributed by atoms with Gasteiger partial charge < -0.3 is 20.3 Å². The van der Waals surface area contributed by atoms with Gasteiger partial charge in [0.05, 0.1) is 17.5 Å². The van der Waals surface area contributed by atoms with Crippen molar-refractivity contribution in [3.8, 4) is 5.75 Å². The number of amides is 1. The summed E-state index contributed by atoms with van der Waals surface area (Å²) in [6.07, 6.45) is 3.69. The van der Waals surface area contributed by atoms with E-state index in [4.69, 9.17) is 9.72 Å². The molecule has 10 nitrogen and oxygen atoms in total. The molecule has 184 valence electrons. The minimum Gasteiger partial charge on any atom is -0.490 e. The van der Waals surface area contributed by atoms with Crippen molar-refractivity contribution >= 4 is 34.3 Å². The van der Waals surface area contributed by atoms with Crippen molar-refractivity contribution in [1.29, 1.82) is 0 Å². The molecule has 10 heteroatoms. The van der Waals surface area contributed by atoms with Crippen molar-refractivity contribution in [2.75, 3.05) is 38.0 Å². The lowest BCUT2D eigenvalue weighted by atomic mass is 9.86. The fraction of sp³-hybridized carbons (Fsp3) is 0.400. The second kappa shape index (κ2) is 10.5. The van der Waals surface area contributed by atoms with Crippen molar-refractivity contribution in [1.82, 2.24) is 15.3 Å². The van der Waals surface area contributed by atoms with E-state index in [1.54, 1.807) is 6.07 Å². The smallest absolute Gasteiger partial charge is 0.323 e. The van der Waals surface area contributed by atoms with E-state index in [2.05, 4.69) is 15.6 Å². The number of aromatic nitrogens is 2. The third kappa shape index (κ3) is 5.42. The van der Waals surface area contributed by atoms with E-state index in [1.807, 2.05) is 43.3 Å². The van der Waals surface area contributed by atoms with Crippen LogP contribution in [-0.4, -0.2) is 54.6 Å². The number of nitrogens with zero attached hydrogens (tertiary/aromatic N) is 4. The van der Waals surface area contributed by atoms with E-state index in [1.165, 1.54) is 19.2 Å². The van der Waals surface area contributed by atoms with E-state index in [0.717, 1.165) is 42.4 Å². The molecular weight excluding hydrogens is 448 g/mol. The first-order valence-corrected chi connectivity index (χ1v) is 11.7. The van der Waals surface area contributed by atoms with Gasteiger partial charge in [0.2, 0.25) is 5.95 Å². The molecule has 3 aromatic rings. The van der Waals surface area contributed by atoms with E-state index in [-0.39, 0.29) is 23.0 Å². The number of hydrogen-bond donors (Lipinski definition) is 2. The van der Waals surface area contributed by atoms with E-state index >= 15 is 0 Å². The fourth-order valence-corrected chi connectivity index (χ4v) is 4.55. The lowest BCUT2D eigenvalue weighted by Gasteiger charge is -2.29. The van der Waals surface area contributed by atoms with Gasteiger partial charge >= 0.3 is 5.69 Å². The van der Waals surface area contributed by atoms with Crippen molar-refractivity contribution in [2.45, 2.75) is 31.7 Å². The van der Waals surface area contributed by atoms with Gasteiger partial charge in [-0.15, -0.1) is 0 Å². The number of nitro groups is 1. The Morgan fingerprint density at radius 2 is 1.86 bits per heavy atom. The highest BCUT2D eigenvalue weighted by Crippen LogP contribution is 2.31. The number of carbonyl (C=O) groups is 1. The second-order valence-corrected chi connectivity index (χ2v) is 8.97. The zero-order valence-electron chi connectivity index (χ0n) is 20.2. The van der Waals surface area contributed by atoms with Gasteiger partial charge in [0.1, 0.15) is 11.4 Å². The molecule has 1 aliphatic carbocycles. The Bertz CT molecular complexity index is 1220. The maximum Gasteiger partial charge on any atom is 0.323 e. The average molecular weight is 479 g/mol. The summed E-state index contributed by atoms with van der Waals surface area (Å²) in [6, 6.07) is 12.7. The van der Waals surface area contributed by atoms with E-state index < -0.39 is 10.8 Å². The number of methoxy groups -OCH3 is 1. The largest absolute Gasteiger partial charge is 0.490 e. The summed E-state index contributed by atoms with van der Waals surface area (Å²) in [6.45, 7) is 0.469. The Kier molecular flexibility index (Phi) is 7.28. The van der Waals surface area contributed by atoms with Crippen molar-refractivity contribution < 1.29 is 14.5 Å². The van der Waals surface area contributed by atoms with Gasteiger partial charge in [-0.3, -0.25) is 14.9 Å². The number of hydrogen-bond acceptors (Lipinski definition) is 8. The molecule has 4 rings (SSSR count). The number of rotatable bonds is 8. The molecule has 1 saturated carbocycles. The number of nitro benzene ring substituents is 1. The number of nitrogens with one attached hydrogen (secondary N) is 2. The highest BCUT2D eigenvalue weighted by atomic mass is 16.6. The van der Waals surface area contributed by atoms with Gasteiger partial charge in [0.25, 0.3) is 5.91 Å². The number of ether oxygens (including phenoxy) is 1. The Labute approximate surface area is 203 Å². The second-order valence-electron chi connectivity index (χ2n) is 8.97. The van der Waals surface area contributed by atoms with Gasteiger partial charge in [-0.25, -0.2) is 4.98 Å². The molecule has 0 saturated heterocycles. The van der Waals surface area contributed by atoms with Crippen molar-refractivity contribution in [2.24, 2.45) is 5.92 Å². The SMILES string of the molecule is COc1cccc(C(=O)NC[C@H]2CC[C@@H](Nc3nc(N(C)C)c4ccccc4n3)CC2)c1[N+](=O)[O-]. The molecular formula is C25H30N6O4. The standard InChI is InChI=1S/C25H30N6O4/c1-30(2)23-18-7-4-5-9-20(18)28-25(29-23)27-17-13-11-16(12-14-17)15-26-24(32)19-8-6-10-21(35-3)22(19)31(33)34/h4-10,16-17H,11-15H2,1-3H3,(H,26,32)(H,27,28,29)/t16-,17+. The quantitative estimate of drug-likeness (QED) is 0.368. The molecule has 1 heterocycles. The van der Waals surface area contributed by atoms with Gasteiger partial charge in [-0.1, -0.05) is 18.2 Å². The summed E-state index contributed by atoms with van der Waals surface area (Å²) in [5, 5.41) is 18.8. The third-order valence-electron chi connectivity index (χ3n) is 6.38. The maximum atomic E-state index is 12.7. The lowest BCUT2D eigenvalue weighted by molar-refractivity contribution is -0.386. The topological polar surface area (TPSA) is 123 Å². The number of benzene rings is 2. The van der Waals surface area contributed by atoms with Gasteiger partial charge in [0.15, 0.2) is 5.75 Å². The van der Waals surface area contributed by atoms with Crippen LogP contribution in [0.4, 0.5) is 17.5 Å². The Morgan fingerprint density at radius 1 is 1.11 bits per heavy atom. The number of anilines is 2. The molecule has 0 spiro atoms. The molecule has 0 unspecified atom stereocenters. The molecule has 2 aromatic carbocycles. The van der Waals surface area contributed by atoms with Gasteiger partial charge in [-0.05, 0) is 55.9 Å². The molecule has 1 aliphatic rings. The molecule has 0 radical (unpaired) electrons. The molecule has 0 bridgehead atoms. The fourth-order valence-electron chi connectivity index (χ4n) is 4.55. The van der Waals surface area contributed by atoms with Crippen LogP contribution in [0.15, 0.2) is 42.5 Å². The number of carbonyl (C=O) groups excluding carboxylic acids is 1. The van der Waals surface area contributed by atoms with Gasteiger partial charge in [0, 0.05) is 32.1 Å². The minimum absolute atomic E-state index is 0.00912. The minimum atomic E-state index is -0.582. The highest BCUT2D eigenvalue weighted by molar-refractivity contribution is 5.99. The highest BCUT2D eigenvalue weighted by Gasteiger charge is 2.27. The van der Waals surface area contributed by atoms with E-state index in [9.17, 15) is 14.9 Å². The number of para-hydroxylation sites is 2. The Hall–Kier alpha value is -3.95. The summed E-state index contributed by atoms with van der Waals surface area (Å²) in [5.41, 5.74) is 0.597. The normalized spacial score (nSPS) is 17.6.